The van der Waals surface area contributed by atoms with Crippen LogP contribution in [0.4, 0.5) is 13.8 Å². The normalized spacial score (nSPS) is 11.2. The molecule has 0 bridgehead atoms. The van der Waals surface area contributed by atoms with Gasteiger partial charge in [0.2, 0.25) is 0 Å². The number of thiophene rings is 1. The van der Waals surface area contributed by atoms with Gasteiger partial charge in [-0.15, -0.1) is 11.3 Å². The molecule has 128 valence electrons. The number of rotatable bonds is 1. The third kappa shape index (κ3) is 2.23. The lowest BCUT2D eigenvalue weighted by molar-refractivity contribution is 0.638. The SMILES string of the molecule is Cc1ncnc2c(F)c(-c3ccc(F)c4sc(N)c(C#N)c34)c(Cl)cc12. The molecule has 0 spiro atoms. The zero-order valence-electron chi connectivity index (χ0n) is 13.3. The van der Waals surface area contributed by atoms with Gasteiger partial charge < -0.3 is 5.73 Å². The predicted molar refractivity (Wildman–Crippen MR) is 99.1 cm³/mol. The number of aryl methyl sites for hydroxylation is 1. The van der Waals surface area contributed by atoms with Crippen molar-refractivity contribution in [2.75, 3.05) is 5.73 Å². The summed E-state index contributed by atoms with van der Waals surface area (Å²) in [6, 6.07) is 6.15. The van der Waals surface area contributed by atoms with Crippen molar-refractivity contribution in [3.63, 3.8) is 0 Å². The Morgan fingerprint density at radius 2 is 2.04 bits per heavy atom. The van der Waals surface area contributed by atoms with Crippen LogP contribution in [0.3, 0.4) is 0 Å². The maximum atomic E-state index is 15.3. The van der Waals surface area contributed by atoms with Crippen molar-refractivity contribution >= 4 is 48.9 Å². The van der Waals surface area contributed by atoms with E-state index < -0.39 is 11.6 Å². The number of halogens is 3. The fraction of sp³-hybridized carbons (Fsp3) is 0.0556. The van der Waals surface area contributed by atoms with Crippen LogP contribution in [0.25, 0.3) is 32.1 Å². The molecule has 2 aromatic carbocycles. The molecule has 0 fully saturated rings. The number of hydrogen-bond acceptors (Lipinski definition) is 5. The number of nitrogens with two attached hydrogens (primary N) is 1. The first-order chi connectivity index (χ1) is 12.4. The molecule has 2 heterocycles. The Balaban J connectivity index is 2.19. The summed E-state index contributed by atoms with van der Waals surface area (Å²) in [5.74, 6) is -1.18. The van der Waals surface area contributed by atoms with Gasteiger partial charge in [-0.25, -0.2) is 18.7 Å². The first-order valence-corrected chi connectivity index (χ1v) is 8.63. The second-order valence-corrected chi connectivity index (χ2v) is 7.11. The minimum Gasteiger partial charge on any atom is -0.389 e. The predicted octanol–water partition coefficient (Wildman–Crippen LogP) is 5.21. The summed E-state index contributed by atoms with van der Waals surface area (Å²) in [6.07, 6.45) is 1.27. The minimum absolute atomic E-state index is 0.0524. The van der Waals surface area contributed by atoms with E-state index in [1.54, 1.807) is 13.0 Å². The van der Waals surface area contributed by atoms with Crippen LogP contribution in [-0.4, -0.2) is 9.97 Å². The Labute approximate surface area is 155 Å². The average Bonchev–Trinajstić information content (AvgIpc) is 2.95. The molecule has 0 amide bonds. The number of benzene rings is 2. The molecule has 0 aliphatic carbocycles. The molecule has 0 aliphatic rings. The second kappa shape index (κ2) is 5.87. The van der Waals surface area contributed by atoms with Gasteiger partial charge in [0.1, 0.15) is 28.7 Å². The van der Waals surface area contributed by atoms with E-state index in [-0.39, 0.29) is 36.8 Å². The smallest absolute Gasteiger partial charge is 0.158 e. The molecule has 4 aromatic rings. The van der Waals surface area contributed by atoms with Crippen LogP contribution in [0.15, 0.2) is 24.5 Å². The standard InChI is InChI=1S/C18H9ClF2N4S/c1-7-9-4-11(19)14(15(21)16(9)25-6-24-7)8-2-3-12(20)17-13(8)10(5-22)18(23)26-17/h2-4,6H,23H2,1H3. The Morgan fingerprint density at radius 1 is 1.27 bits per heavy atom. The van der Waals surface area contributed by atoms with Crippen molar-refractivity contribution in [1.29, 1.82) is 5.26 Å². The van der Waals surface area contributed by atoms with Crippen LogP contribution < -0.4 is 5.73 Å². The fourth-order valence-corrected chi connectivity index (χ4v) is 4.25. The number of fused-ring (bicyclic) bond motifs is 2. The third-order valence-corrected chi connectivity index (χ3v) is 5.54. The second-order valence-electron chi connectivity index (χ2n) is 5.65. The molecule has 2 aromatic heterocycles. The summed E-state index contributed by atoms with van der Waals surface area (Å²) in [7, 11) is 0. The van der Waals surface area contributed by atoms with Gasteiger partial charge in [-0.3, -0.25) is 0 Å². The summed E-state index contributed by atoms with van der Waals surface area (Å²) in [6.45, 7) is 1.73. The largest absolute Gasteiger partial charge is 0.389 e. The minimum atomic E-state index is -0.653. The van der Waals surface area contributed by atoms with E-state index in [0.29, 0.717) is 16.6 Å². The Morgan fingerprint density at radius 3 is 2.77 bits per heavy atom. The van der Waals surface area contributed by atoms with Crippen molar-refractivity contribution in [1.82, 2.24) is 9.97 Å². The lowest BCUT2D eigenvalue weighted by atomic mass is 9.97. The topological polar surface area (TPSA) is 75.6 Å². The summed E-state index contributed by atoms with van der Waals surface area (Å²) < 4.78 is 29.7. The van der Waals surface area contributed by atoms with Crippen molar-refractivity contribution in [2.24, 2.45) is 0 Å². The summed E-state index contributed by atoms with van der Waals surface area (Å²) in [5.41, 5.74) is 7.00. The van der Waals surface area contributed by atoms with Gasteiger partial charge in [0.25, 0.3) is 0 Å². The van der Waals surface area contributed by atoms with E-state index in [9.17, 15) is 9.65 Å². The highest BCUT2D eigenvalue weighted by atomic mass is 35.5. The molecule has 4 rings (SSSR count). The lowest BCUT2D eigenvalue weighted by Gasteiger charge is -2.12. The summed E-state index contributed by atoms with van der Waals surface area (Å²) >= 11 is 7.30. The highest BCUT2D eigenvalue weighted by Crippen LogP contribution is 2.44. The van der Waals surface area contributed by atoms with Gasteiger partial charge in [0, 0.05) is 22.0 Å². The van der Waals surface area contributed by atoms with Crippen LogP contribution in [0.5, 0.6) is 0 Å². The number of anilines is 1. The number of aromatic nitrogens is 2. The van der Waals surface area contributed by atoms with Gasteiger partial charge in [-0.05, 0) is 24.6 Å². The van der Waals surface area contributed by atoms with Crippen LogP contribution >= 0.6 is 22.9 Å². The highest BCUT2D eigenvalue weighted by molar-refractivity contribution is 7.23. The van der Waals surface area contributed by atoms with Crippen LogP contribution in [0, 0.1) is 29.9 Å². The molecule has 4 nitrogen and oxygen atoms in total. The third-order valence-electron chi connectivity index (χ3n) is 4.22. The zero-order valence-corrected chi connectivity index (χ0v) is 14.8. The van der Waals surface area contributed by atoms with Crippen molar-refractivity contribution in [3.8, 4) is 17.2 Å². The molecule has 0 aliphatic heterocycles. The molecule has 0 saturated carbocycles. The van der Waals surface area contributed by atoms with Gasteiger partial charge in [0.05, 0.1) is 15.3 Å². The zero-order chi connectivity index (χ0) is 18.6. The van der Waals surface area contributed by atoms with Crippen molar-refractivity contribution < 1.29 is 8.78 Å². The van der Waals surface area contributed by atoms with Crippen molar-refractivity contribution in [2.45, 2.75) is 6.92 Å². The molecule has 26 heavy (non-hydrogen) atoms. The number of hydrogen-bond donors (Lipinski definition) is 1. The van der Waals surface area contributed by atoms with E-state index in [1.165, 1.54) is 18.5 Å². The lowest BCUT2D eigenvalue weighted by Crippen LogP contribution is -1.96. The molecule has 2 N–H and O–H groups in total. The monoisotopic (exact) mass is 386 g/mol. The molecule has 8 heteroatoms. The van der Waals surface area contributed by atoms with Gasteiger partial charge in [0.15, 0.2) is 5.82 Å². The van der Waals surface area contributed by atoms with Gasteiger partial charge in [-0.2, -0.15) is 5.26 Å². The Hall–Kier alpha value is -2.82. The van der Waals surface area contributed by atoms with Gasteiger partial charge >= 0.3 is 0 Å². The number of nitrogens with zero attached hydrogens (tertiary/aromatic N) is 3. The average molecular weight is 387 g/mol. The van der Waals surface area contributed by atoms with E-state index in [0.717, 1.165) is 11.3 Å². The van der Waals surface area contributed by atoms with Gasteiger partial charge in [-0.1, -0.05) is 17.7 Å². The molecular weight excluding hydrogens is 378 g/mol. The number of nitriles is 1. The first-order valence-electron chi connectivity index (χ1n) is 7.44. The van der Waals surface area contributed by atoms with Crippen LogP contribution in [-0.2, 0) is 0 Å². The maximum absolute atomic E-state index is 15.3. The van der Waals surface area contributed by atoms with E-state index >= 15 is 4.39 Å². The molecular formula is C18H9ClF2N4S. The van der Waals surface area contributed by atoms with E-state index in [1.807, 2.05) is 6.07 Å². The van der Waals surface area contributed by atoms with Crippen LogP contribution in [0.2, 0.25) is 5.02 Å². The molecule has 0 radical (unpaired) electrons. The molecule has 0 unspecified atom stereocenters. The van der Waals surface area contributed by atoms with E-state index in [2.05, 4.69) is 9.97 Å². The fourth-order valence-electron chi connectivity index (χ4n) is 3.01. The highest BCUT2D eigenvalue weighted by Gasteiger charge is 2.23. The Bertz CT molecular complexity index is 1260. The molecule has 0 atom stereocenters. The number of nitrogen functional groups attached to an aromatic ring is 1. The Kier molecular flexibility index (Phi) is 3.75. The summed E-state index contributed by atoms with van der Waals surface area (Å²) in [4.78, 5) is 8.05. The molecule has 0 saturated heterocycles. The summed E-state index contributed by atoms with van der Waals surface area (Å²) in [5, 5.41) is 10.5. The van der Waals surface area contributed by atoms with Crippen LogP contribution in [0.1, 0.15) is 11.3 Å². The maximum Gasteiger partial charge on any atom is 0.158 e. The first kappa shape index (κ1) is 16.6. The van der Waals surface area contributed by atoms with E-state index in [4.69, 9.17) is 17.3 Å². The van der Waals surface area contributed by atoms with Crippen molar-refractivity contribution in [3.05, 3.63) is 52.4 Å². The quantitative estimate of drug-likeness (QED) is 0.487.